The Hall–Kier alpha value is -1.26. The van der Waals surface area contributed by atoms with Gasteiger partial charge in [0.15, 0.2) is 0 Å². The maximum Gasteiger partial charge on any atom is 0.120 e. The number of fused-ring (bicyclic) bond motifs is 1. The van der Waals surface area contributed by atoms with Crippen LogP contribution in [0.25, 0.3) is 0 Å². The zero-order valence-electron chi connectivity index (χ0n) is 13.4. The van der Waals surface area contributed by atoms with Gasteiger partial charge in [0.25, 0.3) is 0 Å². The van der Waals surface area contributed by atoms with E-state index in [4.69, 9.17) is 15.2 Å². The van der Waals surface area contributed by atoms with Crippen LogP contribution >= 0.6 is 0 Å². The minimum atomic E-state index is -0.202. The number of nitrogens with zero attached hydrogens (tertiary/aromatic N) is 1. The molecule has 2 N–H and O–H groups in total. The summed E-state index contributed by atoms with van der Waals surface area (Å²) in [5.74, 6) is 1.35. The van der Waals surface area contributed by atoms with E-state index in [1.165, 1.54) is 0 Å². The zero-order valence-corrected chi connectivity index (χ0v) is 13.4. The molecule has 0 radical (unpaired) electrons. The summed E-state index contributed by atoms with van der Waals surface area (Å²) >= 11 is 0. The number of benzene rings is 1. The van der Waals surface area contributed by atoms with Crippen molar-refractivity contribution in [1.82, 2.24) is 0 Å². The summed E-state index contributed by atoms with van der Waals surface area (Å²) in [4.78, 5) is 2.23. The smallest absolute Gasteiger partial charge is 0.120 e. The average Bonchev–Trinajstić information content (AvgIpc) is 2.96. The summed E-state index contributed by atoms with van der Waals surface area (Å²) in [6.07, 6.45) is 1.40. The first-order valence-corrected chi connectivity index (χ1v) is 7.66. The number of likely N-dealkylation sites (N-methyl/N-ethyl adjacent to an activating group) is 1. The van der Waals surface area contributed by atoms with Crippen molar-refractivity contribution in [3.8, 4) is 5.75 Å². The van der Waals surface area contributed by atoms with Crippen molar-refractivity contribution in [3.05, 3.63) is 24.3 Å². The predicted octanol–water partition coefficient (Wildman–Crippen LogP) is 2.27. The van der Waals surface area contributed by atoms with E-state index in [1.54, 1.807) is 7.11 Å². The maximum atomic E-state index is 6.82. The quantitative estimate of drug-likeness (QED) is 0.924. The number of rotatable bonds is 4. The van der Waals surface area contributed by atoms with Crippen molar-refractivity contribution in [3.63, 3.8) is 0 Å². The van der Waals surface area contributed by atoms with Gasteiger partial charge >= 0.3 is 0 Å². The highest BCUT2D eigenvalue weighted by molar-refractivity contribution is 5.51. The van der Waals surface area contributed by atoms with Crippen LogP contribution in [0.5, 0.6) is 5.75 Å². The third-order valence-electron chi connectivity index (χ3n) is 5.66. The Balaban J connectivity index is 1.79. The number of anilines is 1. The Kier molecular flexibility index (Phi) is 3.41. The van der Waals surface area contributed by atoms with Crippen LogP contribution in [0.1, 0.15) is 20.3 Å². The highest BCUT2D eigenvalue weighted by Gasteiger charge is 2.67. The summed E-state index contributed by atoms with van der Waals surface area (Å²) in [7, 11) is 3.79. The molecule has 4 heteroatoms. The van der Waals surface area contributed by atoms with E-state index in [2.05, 4.69) is 37.9 Å². The third-order valence-corrected chi connectivity index (χ3v) is 5.66. The minimum Gasteiger partial charge on any atom is -0.497 e. The van der Waals surface area contributed by atoms with E-state index in [0.29, 0.717) is 12.0 Å². The molecule has 3 unspecified atom stereocenters. The van der Waals surface area contributed by atoms with E-state index in [0.717, 1.165) is 31.0 Å². The summed E-state index contributed by atoms with van der Waals surface area (Å²) in [6, 6.07) is 8.13. The van der Waals surface area contributed by atoms with Gasteiger partial charge in [-0.25, -0.2) is 0 Å². The van der Waals surface area contributed by atoms with Gasteiger partial charge in [0.2, 0.25) is 0 Å². The van der Waals surface area contributed by atoms with E-state index >= 15 is 0 Å². The van der Waals surface area contributed by atoms with Gasteiger partial charge in [-0.05, 0) is 18.6 Å². The molecule has 1 saturated heterocycles. The lowest BCUT2D eigenvalue weighted by Crippen LogP contribution is -2.78. The molecule has 0 bridgehead atoms. The molecule has 0 aromatic heterocycles. The molecule has 1 aliphatic heterocycles. The van der Waals surface area contributed by atoms with Crippen LogP contribution in [-0.4, -0.2) is 39.0 Å². The summed E-state index contributed by atoms with van der Waals surface area (Å²) < 4.78 is 11.2. The molecule has 1 heterocycles. The number of hydrogen-bond acceptors (Lipinski definition) is 4. The van der Waals surface area contributed by atoms with Gasteiger partial charge < -0.3 is 20.1 Å². The molecule has 1 saturated carbocycles. The number of ether oxygens (including phenoxy) is 2. The van der Waals surface area contributed by atoms with Gasteiger partial charge in [0.05, 0.1) is 13.2 Å². The van der Waals surface area contributed by atoms with Crippen LogP contribution in [0.2, 0.25) is 0 Å². The van der Waals surface area contributed by atoms with Crippen molar-refractivity contribution in [2.24, 2.45) is 17.1 Å². The first-order chi connectivity index (χ1) is 9.90. The van der Waals surface area contributed by atoms with Crippen molar-refractivity contribution in [2.75, 3.05) is 32.2 Å². The Morgan fingerprint density at radius 2 is 2.19 bits per heavy atom. The largest absolute Gasteiger partial charge is 0.497 e. The number of methoxy groups -OCH3 is 1. The van der Waals surface area contributed by atoms with Crippen LogP contribution in [-0.2, 0) is 4.74 Å². The highest BCUT2D eigenvalue weighted by Crippen LogP contribution is 2.58. The maximum absolute atomic E-state index is 6.82. The van der Waals surface area contributed by atoms with E-state index in [9.17, 15) is 0 Å². The minimum absolute atomic E-state index is 0.0152. The molecule has 3 rings (SSSR count). The van der Waals surface area contributed by atoms with Crippen LogP contribution < -0.4 is 15.4 Å². The Bertz CT molecular complexity index is 531. The van der Waals surface area contributed by atoms with Crippen molar-refractivity contribution < 1.29 is 9.47 Å². The standard InChI is InChI=1S/C17H26N2O2/c1-16(2)15-14(8-9-21-15)17(16,18)11-19(3)12-6-5-7-13(10-12)20-4/h5-7,10,14-15H,8-9,11,18H2,1-4H3. The van der Waals surface area contributed by atoms with Gasteiger partial charge in [-0.1, -0.05) is 19.9 Å². The lowest BCUT2D eigenvalue weighted by atomic mass is 9.48. The molecule has 4 nitrogen and oxygen atoms in total. The fourth-order valence-corrected chi connectivity index (χ4v) is 4.13. The lowest BCUT2D eigenvalue weighted by molar-refractivity contribution is -0.150. The molecule has 1 aliphatic carbocycles. The molecule has 2 fully saturated rings. The van der Waals surface area contributed by atoms with Crippen LogP contribution in [0.3, 0.4) is 0 Å². The molecule has 3 atom stereocenters. The second-order valence-electron chi connectivity index (χ2n) is 7.01. The summed E-state index contributed by atoms with van der Waals surface area (Å²) in [5.41, 5.74) is 7.77. The van der Waals surface area contributed by atoms with Gasteiger partial charge in [0, 0.05) is 48.8 Å². The summed E-state index contributed by atoms with van der Waals surface area (Å²) in [6.45, 7) is 6.15. The first kappa shape index (κ1) is 14.7. The predicted molar refractivity (Wildman–Crippen MR) is 84.8 cm³/mol. The highest BCUT2D eigenvalue weighted by atomic mass is 16.5. The molecule has 21 heavy (non-hydrogen) atoms. The zero-order chi connectivity index (χ0) is 15.3. The Morgan fingerprint density at radius 3 is 2.90 bits per heavy atom. The SMILES string of the molecule is COc1cccc(N(C)CC2(N)C3CCOC3C2(C)C)c1. The molecule has 1 aromatic carbocycles. The van der Waals surface area contributed by atoms with Crippen molar-refractivity contribution >= 4 is 5.69 Å². The average molecular weight is 290 g/mol. The number of hydrogen-bond donors (Lipinski definition) is 1. The topological polar surface area (TPSA) is 47.7 Å². The second-order valence-corrected chi connectivity index (χ2v) is 7.01. The molecular formula is C17H26N2O2. The Morgan fingerprint density at radius 1 is 1.43 bits per heavy atom. The summed E-state index contributed by atoms with van der Waals surface area (Å²) in [5, 5.41) is 0. The lowest BCUT2D eigenvalue weighted by Gasteiger charge is -2.63. The second kappa shape index (κ2) is 4.89. The van der Waals surface area contributed by atoms with E-state index in [1.807, 2.05) is 12.1 Å². The van der Waals surface area contributed by atoms with Gasteiger partial charge in [0.1, 0.15) is 5.75 Å². The molecule has 0 spiro atoms. The monoisotopic (exact) mass is 290 g/mol. The van der Waals surface area contributed by atoms with E-state index < -0.39 is 0 Å². The molecule has 0 amide bonds. The fraction of sp³-hybridized carbons (Fsp3) is 0.647. The van der Waals surface area contributed by atoms with Gasteiger partial charge in [-0.15, -0.1) is 0 Å². The third kappa shape index (κ3) is 2.04. The molecular weight excluding hydrogens is 264 g/mol. The molecule has 1 aromatic rings. The van der Waals surface area contributed by atoms with Gasteiger partial charge in [-0.3, -0.25) is 0 Å². The van der Waals surface area contributed by atoms with Crippen molar-refractivity contribution in [2.45, 2.75) is 31.9 Å². The van der Waals surface area contributed by atoms with Crippen LogP contribution in [0, 0.1) is 11.3 Å². The molecule has 116 valence electrons. The van der Waals surface area contributed by atoms with Gasteiger partial charge in [-0.2, -0.15) is 0 Å². The first-order valence-electron chi connectivity index (χ1n) is 7.66. The fourth-order valence-electron chi connectivity index (χ4n) is 4.13. The van der Waals surface area contributed by atoms with Crippen molar-refractivity contribution in [1.29, 1.82) is 0 Å². The number of nitrogens with two attached hydrogens (primary N) is 1. The van der Waals surface area contributed by atoms with E-state index in [-0.39, 0.29) is 11.0 Å². The van der Waals surface area contributed by atoms with Crippen LogP contribution in [0.15, 0.2) is 24.3 Å². The molecule has 2 aliphatic rings. The normalized spacial score (nSPS) is 33.2. The Labute approximate surface area is 127 Å². The van der Waals surface area contributed by atoms with Crippen LogP contribution in [0.4, 0.5) is 5.69 Å².